The quantitative estimate of drug-likeness (QED) is 0.789. The summed E-state index contributed by atoms with van der Waals surface area (Å²) in [6.45, 7) is 7.10. The number of hydrogen-bond acceptors (Lipinski definition) is 4. The van der Waals surface area contributed by atoms with Gasteiger partial charge in [-0.3, -0.25) is 4.79 Å². The van der Waals surface area contributed by atoms with Crippen molar-refractivity contribution in [3.63, 3.8) is 0 Å². The second kappa shape index (κ2) is 7.82. The van der Waals surface area contributed by atoms with Gasteiger partial charge in [-0.2, -0.15) is 4.31 Å². The molecule has 0 saturated carbocycles. The molecular weight excluding hydrogens is 350 g/mol. The Labute approximate surface area is 149 Å². The maximum Gasteiger partial charge on any atom is 0.253 e. The van der Waals surface area contributed by atoms with E-state index >= 15 is 0 Å². The first-order valence-corrected chi connectivity index (χ1v) is 9.90. The van der Waals surface area contributed by atoms with Gasteiger partial charge in [-0.15, -0.1) is 0 Å². The van der Waals surface area contributed by atoms with Gasteiger partial charge < -0.3 is 9.80 Å². The summed E-state index contributed by atoms with van der Waals surface area (Å²) in [5, 5.41) is 0.144. The van der Waals surface area contributed by atoms with Gasteiger partial charge in [-0.1, -0.05) is 11.6 Å². The molecule has 1 fully saturated rings. The first-order valence-electron chi connectivity index (χ1n) is 8.08. The van der Waals surface area contributed by atoms with E-state index in [4.69, 9.17) is 11.6 Å². The smallest absolute Gasteiger partial charge is 0.253 e. The predicted octanol–water partition coefficient (Wildman–Crippen LogP) is 1.76. The van der Waals surface area contributed by atoms with E-state index in [1.807, 2.05) is 20.9 Å². The van der Waals surface area contributed by atoms with Gasteiger partial charge in [0.05, 0.1) is 5.02 Å². The highest BCUT2D eigenvalue weighted by Crippen LogP contribution is 2.27. The van der Waals surface area contributed by atoms with Crippen molar-refractivity contribution in [1.29, 1.82) is 0 Å². The third-order valence-electron chi connectivity index (χ3n) is 4.31. The monoisotopic (exact) mass is 373 g/mol. The topological polar surface area (TPSA) is 60.9 Å². The van der Waals surface area contributed by atoms with Crippen LogP contribution >= 0.6 is 11.6 Å². The molecule has 0 N–H and O–H groups in total. The molecule has 6 nitrogen and oxygen atoms in total. The largest absolute Gasteiger partial charge is 0.339 e. The number of hydrogen-bond donors (Lipinski definition) is 0. The molecule has 0 bridgehead atoms. The maximum absolute atomic E-state index is 12.9. The van der Waals surface area contributed by atoms with Crippen LogP contribution in [0, 0.1) is 0 Å². The number of benzene rings is 1. The third-order valence-corrected chi connectivity index (χ3v) is 6.69. The molecule has 1 aromatic carbocycles. The summed E-state index contributed by atoms with van der Waals surface area (Å²) in [4.78, 5) is 16.2. The van der Waals surface area contributed by atoms with E-state index in [-0.39, 0.29) is 15.8 Å². The number of likely N-dealkylation sites (N-methyl/N-ethyl adjacent to an activating group) is 1. The molecule has 1 aliphatic heterocycles. The molecule has 1 aromatic rings. The van der Waals surface area contributed by atoms with E-state index in [9.17, 15) is 13.2 Å². The SMILES string of the molecule is CCN(CC)C(=O)c1ccc(Cl)c(S(=O)(=O)N2CCN(C)CC2)c1. The fourth-order valence-corrected chi connectivity index (χ4v) is 4.62. The first-order chi connectivity index (χ1) is 11.3. The lowest BCUT2D eigenvalue weighted by Crippen LogP contribution is -2.47. The molecule has 0 radical (unpaired) electrons. The van der Waals surface area contributed by atoms with Crippen LogP contribution in [0.2, 0.25) is 5.02 Å². The van der Waals surface area contributed by atoms with Crippen molar-refractivity contribution in [2.45, 2.75) is 18.7 Å². The number of halogens is 1. The van der Waals surface area contributed by atoms with Crippen molar-refractivity contribution in [3.8, 4) is 0 Å². The number of sulfonamides is 1. The average Bonchev–Trinajstić information content (AvgIpc) is 2.56. The molecule has 0 unspecified atom stereocenters. The summed E-state index contributed by atoms with van der Waals surface area (Å²) in [7, 11) is -1.75. The van der Waals surface area contributed by atoms with Gasteiger partial charge in [-0.25, -0.2) is 8.42 Å². The Morgan fingerprint density at radius 2 is 1.75 bits per heavy atom. The zero-order valence-electron chi connectivity index (χ0n) is 14.3. The summed E-state index contributed by atoms with van der Waals surface area (Å²) in [6, 6.07) is 4.46. The Morgan fingerprint density at radius 1 is 1.17 bits per heavy atom. The lowest BCUT2D eigenvalue weighted by molar-refractivity contribution is 0.0772. The van der Waals surface area contributed by atoms with Crippen LogP contribution in [0.4, 0.5) is 0 Å². The van der Waals surface area contributed by atoms with Crippen molar-refractivity contribution in [3.05, 3.63) is 28.8 Å². The summed E-state index contributed by atoms with van der Waals surface area (Å²) in [6.07, 6.45) is 0. The normalized spacial score (nSPS) is 17.0. The van der Waals surface area contributed by atoms with E-state index < -0.39 is 10.0 Å². The Hall–Kier alpha value is -1.15. The van der Waals surface area contributed by atoms with Gasteiger partial charge in [0.15, 0.2) is 0 Å². The Bertz CT molecular complexity index is 697. The minimum Gasteiger partial charge on any atom is -0.339 e. The van der Waals surface area contributed by atoms with Crippen molar-refractivity contribution in [2.75, 3.05) is 46.3 Å². The van der Waals surface area contributed by atoms with Crippen molar-refractivity contribution >= 4 is 27.5 Å². The van der Waals surface area contributed by atoms with Crippen LogP contribution in [-0.2, 0) is 10.0 Å². The van der Waals surface area contributed by atoms with Gasteiger partial charge in [0.1, 0.15) is 4.90 Å². The van der Waals surface area contributed by atoms with E-state index in [2.05, 4.69) is 4.90 Å². The second-order valence-electron chi connectivity index (χ2n) is 5.83. The Morgan fingerprint density at radius 3 is 2.29 bits per heavy atom. The van der Waals surface area contributed by atoms with Gasteiger partial charge in [0, 0.05) is 44.8 Å². The molecule has 2 rings (SSSR count). The van der Waals surface area contributed by atoms with Crippen molar-refractivity contribution < 1.29 is 13.2 Å². The molecule has 1 heterocycles. The van der Waals surface area contributed by atoms with Crippen molar-refractivity contribution in [1.82, 2.24) is 14.1 Å². The van der Waals surface area contributed by atoms with Gasteiger partial charge in [0.2, 0.25) is 10.0 Å². The van der Waals surface area contributed by atoms with Gasteiger partial charge >= 0.3 is 0 Å². The molecule has 134 valence electrons. The van der Waals surface area contributed by atoms with Crippen LogP contribution < -0.4 is 0 Å². The van der Waals surface area contributed by atoms with Crippen LogP contribution in [0.15, 0.2) is 23.1 Å². The molecular formula is C16H24ClN3O3S. The Kier molecular flexibility index (Phi) is 6.25. The molecule has 1 saturated heterocycles. The molecule has 1 aliphatic rings. The molecule has 0 aromatic heterocycles. The number of carbonyl (C=O) groups is 1. The fraction of sp³-hybridized carbons (Fsp3) is 0.562. The van der Waals surface area contributed by atoms with E-state index in [0.29, 0.717) is 44.8 Å². The standard InChI is InChI=1S/C16H24ClN3O3S/c1-4-19(5-2)16(21)13-6-7-14(17)15(12-13)24(22,23)20-10-8-18(3)9-11-20/h6-7,12H,4-5,8-11H2,1-3H3. The summed E-state index contributed by atoms with van der Waals surface area (Å²) < 4.78 is 27.2. The van der Waals surface area contributed by atoms with Crippen LogP contribution in [0.3, 0.4) is 0 Å². The zero-order chi connectivity index (χ0) is 17.9. The summed E-state index contributed by atoms with van der Waals surface area (Å²) in [5.41, 5.74) is 0.343. The Balaban J connectivity index is 2.36. The van der Waals surface area contributed by atoms with Gasteiger partial charge in [-0.05, 0) is 39.1 Å². The minimum atomic E-state index is -3.71. The highest BCUT2D eigenvalue weighted by atomic mass is 35.5. The van der Waals surface area contributed by atoms with E-state index in [1.165, 1.54) is 16.4 Å². The van der Waals surface area contributed by atoms with E-state index in [0.717, 1.165) is 0 Å². The lowest BCUT2D eigenvalue weighted by Gasteiger charge is -2.31. The van der Waals surface area contributed by atoms with Crippen LogP contribution in [0.25, 0.3) is 0 Å². The zero-order valence-corrected chi connectivity index (χ0v) is 15.9. The molecule has 0 spiro atoms. The summed E-state index contributed by atoms with van der Waals surface area (Å²) >= 11 is 6.14. The fourth-order valence-electron chi connectivity index (χ4n) is 2.70. The van der Waals surface area contributed by atoms with Crippen molar-refractivity contribution in [2.24, 2.45) is 0 Å². The molecule has 1 amide bonds. The van der Waals surface area contributed by atoms with Crippen LogP contribution in [0.5, 0.6) is 0 Å². The number of nitrogens with zero attached hydrogens (tertiary/aromatic N) is 3. The molecule has 8 heteroatoms. The molecule has 0 atom stereocenters. The van der Waals surface area contributed by atoms with Crippen LogP contribution in [0.1, 0.15) is 24.2 Å². The first kappa shape index (κ1) is 19.2. The lowest BCUT2D eigenvalue weighted by atomic mass is 10.2. The number of carbonyl (C=O) groups excluding carboxylic acids is 1. The molecule has 24 heavy (non-hydrogen) atoms. The molecule has 0 aliphatic carbocycles. The summed E-state index contributed by atoms with van der Waals surface area (Å²) in [5.74, 6) is -0.188. The number of amides is 1. The average molecular weight is 374 g/mol. The highest BCUT2D eigenvalue weighted by Gasteiger charge is 2.30. The van der Waals surface area contributed by atoms with Crippen LogP contribution in [-0.4, -0.2) is 74.7 Å². The third kappa shape index (κ3) is 3.91. The maximum atomic E-state index is 12.9. The number of piperazine rings is 1. The van der Waals surface area contributed by atoms with E-state index in [1.54, 1.807) is 11.0 Å². The second-order valence-corrected chi connectivity index (χ2v) is 8.14. The predicted molar refractivity (Wildman–Crippen MR) is 95.0 cm³/mol. The highest BCUT2D eigenvalue weighted by molar-refractivity contribution is 7.89. The van der Waals surface area contributed by atoms with Gasteiger partial charge in [0.25, 0.3) is 5.91 Å². The minimum absolute atomic E-state index is 0.00623. The number of rotatable bonds is 5.